The largest absolute Gasteiger partial charge is 0.481 e. The van der Waals surface area contributed by atoms with Crippen molar-refractivity contribution < 1.29 is 27.9 Å². The van der Waals surface area contributed by atoms with Gasteiger partial charge < -0.3 is 20.3 Å². The number of carboxylic acid groups (broad SMARTS) is 1. The van der Waals surface area contributed by atoms with Crippen molar-refractivity contribution in [3.63, 3.8) is 0 Å². The number of sulfonamides is 1. The first-order chi connectivity index (χ1) is 15.9. The summed E-state index contributed by atoms with van der Waals surface area (Å²) in [5, 5.41) is 14.9. The number of amides is 3. The van der Waals surface area contributed by atoms with Crippen molar-refractivity contribution in [2.24, 2.45) is 7.05 Å². The van der Waals surface area contributed by atoms with Crippen molar-refractivity contribution in [3.05, 3.63) is 58.2 Å². The lowest BCUT2D eigenvalue weighted by Crippen LogP contribution is -2.44. The number of anilines is 1. The summed E-state index contributed by atoms with van der Waals surface area (Å²) in [6.07, 6.45) is -0.363. The number of carbonyl (C=O) groups excluding carboxylic acids is 2. The third-order valence-corrected chi connectivity index (χ3v) is 7.02. The number of nitrogens with one attached hydrogen (secondary N) is 3. The van der Waals surface area contributed by atoms with Crippen LogP contribution in [0, 0.1) is 0 Å². The maximum Gasteiger partial charge on any atom is 0.328 e. The molecular formula is C21H20Cl2N4O6S. The Kier molecular flexibility index (Phi) is 7.39. The summed E-state index contributed by atoms with van der Waals surface area (Å²) in [7, 11) is -2.52. The Labute approximate surface area is 204 Å². The number of carbonyl (C=O) groups is 3. The van der Waals surface area contributed by atoms with E-state index < -0.39 is 34.0 Å². The minimum Gasteiger partial charge on any atom is -0.481 e. The number of halogens is 2. The smallest absolute Gasteiger partial charge is 0.328 e. The molecule has 3 rings (SSSR count). The van der Waals surface area contributed by atoms with E-state index in [1.807, 2.05) is 4.72 Å². The predicted octanol–water partition coefficient (Wildman–Crippen LogP) is 3.59. The Morgan fingerprint density at radius 3 is 2.35 bits per heavy atom. The fraction of sp³-hybridized carbons (Fsp3) is 0.190. The molecule has 2 aromatic carbocycles. The fourth-order valence-electron chi connectivity index (χ4n) is 3.23. The number of nitrogens with zero attached hydrogens (tertiary/aromatic N) is 1. The number of aromatic nitrogens is 1. The van der Waals surface area contributed by atoms with E-state index in [-0.39, 0.29) is 11.3 Å². The molecule has 13 heteroatoms. The molecule has 3 amide bonds. The van der Waals surface area contributed by atoms with Crippen LogP contribution in [-0.4, -0.2) is 42.0 Å². The van der Waals surface area contributed by atoms with E-state index in [1.54, 1.807) is 29.8 Å². The van der Waals surface area contributed by atoms with E-state index in [0.29, 0.717) is 32.3 Å². The van der Waals surface area contributed by atoms with Gasteiger partial charge in [0.1, 0.15) is 5.69 Å². The van der Waals surface area contributed by atoms with E-state index in [2.05, 4.69) is 10.6 Å². The summed E-state index contributed by atoms with van der Waals surface area (Å²) < 4.78 is 28.3. The number of carboxylic acids is 1. The number of urea groups is 1. The molecule has 180 valence electrons. The monoisotopic (exact) mass is 526 g/mol. The van der Waals surface area contributed by atoms with Crippen LogP contribution in [0.3, 0.4) is 0 Å². The Bertz CT molecular complexity index is 1390. The van der Waals surface area contributed by atoms with Crippen LogP contribution in [0.5, 0.6) is 0 Å². The van der Waals surface area contributed by atoms with E-state index in [1.165, 1.54) is 31.2 Å². The molecule has 10 nitrogen and oxygen atoms in total. The first-order valence-corrected chi connectivity index (χ1v) is 12.0. The summed E-state index contributed by atoms with van der Waals surface area (Å²) in [5.41, 5.74) is 1.34. The van der Waals surface area contributed by atoms with Crippen molar-refractivity contribution >= 4 is 67.7 Å². The lowest BCUT2D eigenvalue weighted by molar-refractivity contribution is -0.137. The Morgan fingerprint density at radius 2 is 1.74 bits per heavy atom. The molecule has 0 radical (unpaired) electrons. The molecule has 0 bridgehead atoms. The molecule has 1 atom stereocenters. The maximum absolute atomic E-state index is 12.8. The third kappa shape index (κ3) is 5.61. The molecule has 0 saturated heterocycles. The van der Waals surface area contributed by atoms with Crippen molar-refractivity contribution in [1.82, 2.24) is 14.6 Å². The van der Waals surface area contributed by atoms with E-state index in [9.17, 15) is 22.8 Å². The quantitative estimate of drug-likeness (QED) is 0.369. The van der Waals surface area contributed by atoms with Crippen molar-refractivity contribution in [1.29, 1.82) is 0 Å². The molecule has 0 fully saturated rings. The van der Waals surface area contributed by atoms with Crippen LogP contribution in [0.2, 0.25) is 10.0 Å². The number of fused-ring (bicyclic) bond motifs is 1. The molecule has 0 unspecified atom stereocenters. The van der Waals surface area contributed by atoms with Gasteiger partial charge in [-0.05, 0) is 49.4 Å². The van der Waals surface area contributed by atoms with Crippen LogP contribution in [0.4, 0.5) is 10.5 Å². The second-order valence-corrected chi connectivity index (χ2v) is 9.91. The molecule has 1 heterocycles. The average molecular weight is 527 g/mol. The highest BCUT2D eigenvalue weighted by Crippen LogP contribution is 2.32. The zero-order valence-electron chi connectivity index (χ0n) is 17.9. The van der Waals surface area contributed by atoms with Gasteiger partial charge in [-0.15, -0.1) is 0 Å². The fourth-order valence-corrected chi connectivity index (χ4v) is 4.52. The highest BCUT2D eigenvalue weighted by atomic mass is 35.5. The van der Waals surface area contributed by atoms with Crippen LogP contribution >= 0.6 is 23.2 Å². The highest BCUT2D eigenvalue weighted by molar-refractivity contribution is 7.90. The second-order valence-electron chi connectivity index (χ2n) is 7.44. The molecule has 0 aliphatic heterocycles. The number of rotatable bonds is 7. The topological polar surface area (TPSA) is 147 Å². The zero-order valence-corrected chi connectivity index (χ0v) is 20.3. The van der Waals surface area contributed by atoms with Gasteiger partial charge in [-0.2, -0.15) is 0 Å². The van der Waals surface area contributed by atoms with Crippen LogP contribution in [0.15, 0.2) is 47.4 Å². The summed E-state index contributed by atoms with van der Waals surface area (Å²) in [6.45, 7) is 1.43. The Balaban J connectivity index is 1.71. The van der Waals surface area contributed by atoms with Crippen molar-refractivity contribution in [2.75, 3.05) is 5.32 Å². The minimum absolute atomic E-state index is 0.224. The van der Waals surface area contributed by atoms with Gasteiger partial charge in [0.05, 0.1) is 21.4 Å². The normalized spacial score (nSPS) is 12.2. The van der Waals surface area contributed by atoms with Gasteiger partial charge in [0.15, 0.2) is 0 Å². The van der Waals surface area contributed by atoms with Crippen molar-refractivity contribution in [2.45, 2.75) is 24.3 Å². The number of aryl methyl sites for hydroxylation is 1. The minimum atomic E-state index is -4.22. The lowest BCUT2D eigenvalue weighted by atomic mass is 10.2. The Hall–Kier alpha value is -3.28. The first kappa shape index (κ1) is 25.3. The van der Waals surface area contributed by atoms with E-state index in [4.69, 9.17) is 28.3 Å². The molecule has 0 aliphatic rings. The summed E-state index contributed by atoms with van der Waals surface area (Å²) in [4.78, 5) is 35.1. The van der Waals surface area contributed by atoms with Gasteiger partial charge in [-0.1, -0.05) is 23.2 Å². The second kappa shape index (κ2) is 9.92. The standard InChI is InChI=1S/C21H20Cl2N4O6S/c1-11(9-18(28)29)24-21(31)26-34(32,33)13-5-3-12(4-6-13)25-20(30)17-10-14-16(27(17)2)8-7-15(22)19(14)23/h3-8,10-11H,9H2,1-2H3,(H,25,30)(H,28,29)(H2,24,26,31)/t11-/m0/s1. The van der Waals surface area contributed by atoms with Gasteiger partial charge in [0, 0.05) is 29.7 Å². The van der Waals surface area contributed by atoms with E-state index >= 15 is 0 Å². The zero-order chi connectivity index (χ0) is 25.2. The van der Waals surface area contributed by atoms with Gasteiger partial charge >= 0.3 is 12.0 Å². The van der Waals surface area contributed by atoms with E-state index in [0.717, 1.165) is 0 Å². The van der Waals surface area contributed by atoms with Gasteiger partial charge in [-0.3, -0.25) is 9.59 Å². The molecule has 0 saturated carbocycles. The number of hydrogen-bond donors (Lipinski definition) is 4. The van der Waals surface area contributed by atoms with Crippen LogP contribution < -0.4 is 15.4 Å². The maximum atomic E-state index is 12.8. The molecule has 3 aromatic rings. The first-order valence-electron chi connectivity index (χ1n) is 9.79. The highest BCUT2D eigenvalue weighted by Gasteiger charge is 2.20. The lowest BCUT2D eigenvalue weighted by Gasteiger charge is -2.13. The van der Waals surface area contributed by atoms with Gasteiger partial charge in [0.2, 0.25) is 0 Å². The average Bonchev–Trinajstić information content (AvgIpc) is 3.07. The molecular weight excluding hydrogens is 507 g/mol. The number of benzene rings is 2. The molecule has 0 aliphatic carbocycles. The molecule has 4 N–H and O–H groups in total. The molecule has 34 heavy (non-hydrogen) atoms. The Morgan fingerprint density at radius 1 is 1.09 bits per heavy atom. The van der Waals surface area contributed by atoms with Gasteiger partial charge in [0.25, 0.3) is 15.9 Å². The number of aliphatic carboxylic acids is 1. The SMILES string of the molecule is C[C@@H](CC(=O)O)NC(=O)NS(=O)(=O)c1ccc(NC(=O)c2cc3c(Cl)c(Cl)ccc3n2C)cc1. The summed E-state index contributed by atoms with van der Waals surface area (Å²) in [6, 6.07) is 8.30. The molecule has 0 spiro atoms. The van der Waals surface area contributed by atoms with Gasteiger partial charge in [-0.25, -0.2) is 17.9 Å². The third-order valence-electron chi connectivity index (χ3n) is 4.85. The van der Waals surface area contributed by atoms with Crippen LogP contribution in [-0.2, 0) is 21.9 Å². The summed E-state index contributed by atoms with van der Waals surface area (Å²) in [5.74, 6) is -1.59. The molecule has 1 aromatic heterocycles. The predicted molar refractivity (Wildman–Crippen MR) is 128 cm³/mol. The summed E-state index contributed by atoms with van der Waals surface area (Å²) >= 11 is 12.3. The number of hydrogen-bond acceptors (Lipinski definition) is 5. The van der Waals surface area contributed by atoms with Crippen LogP contribution in [0.1, 0.15) is 23.8 Å². The van der Waals surface area contributed by atoms with Crippen molar-refractivity contribution in [3.8, 4) is 0 Å². The van der Waals surface area contributed by atoms with Crippen LogP contribution in [0.25, 0.3) is 10.9 Å².